The van der Waals surface area contributed by atoms with Crippen LogP contribution in [0.1, 0.15) is 35.8 Å². The van der Waals surface area contributed by atoms with Crippen LogP contribution in [0.15, 0.2) is 48.5 Å². The third kappa shape index (κ3) is 4.13. The smallest absolute Gasteiger partial charge is 0.202 e. The molecule has 0 radical (unpaired) electrons. The van der Waals surface area contributed by atoms with Crippen LogP contribution in [0.2, 0.25) is 0 Å². The van der Waals surface area contributed by atoms with Gasteiger partial charge in [-0.1, -0.05) is 30.3 Å². The number of nitrogens with zero attached hydrogens (tertiary/aromatic N) is 3. The summed E-state index contributed by atoms with van der Waals surface area (Å²) in [6, 6.07) is 16.9. The van der Waals surface area contributed by atoms with Gasteiger partial charge in [-0.15, -0.1) is 0 Å². The lowest BCUT2D eigenvalue weighted by molar-refractivity contribution is -0.941. The molecule has 1 aliphatic rings. The molecule has 158 valence electrons. The van der Waals surface area contributed by atoms with Crippen LogP contribution in [0, 0.1) is 4.77 Å². The van der Waals surface area contributed by atoms with Gasteiger partial charge in [-0.25, -0.2) is 0 Å². The number of aromatic nitrogens is 3. The fraction of sp³-hybridized carbons (Fsp3) is 0.391. The molecule has 7 heteroatoms. The number of benzene rings is 2. The van der Waals surface area contributed by atoms with Gasteiger partial charge in [-0.2, -0.15) is 9.78 Å². The van der Waals surface area contributed by atoms with Crippen molar-refractivity contribution >= 4 is 12.2 Å². The maximum absolute atomic E-state index is 5.71. The van der Waals surface area contributed by atoms with Gasteiger partial charge in [0.05, 0.1) is 26.3 Å². The molecule has 1 N–H and O–H groups in total. The van der Waals surface area contributed by atoms with Crippen molar-refractivity contribution in [2.75, 3.05) is 20.8 Å². The first kappa shape index (κ1) is 20.6. The van der Waals surface area contributed by atoms with E-state index < -0.39 is 0 Å². The quantitative estimate of drug-likeness (QED) is 0.592. The summed E-state index contributed by atoms with van der Waals surface area (Å²) in [6.45, 7) is 1.84. The zero-order chi connectivity index (χ0) is 21.1. The van der Waals surface area contributed by atoms with Crippen molar-refractivity contribution in [3.8, 4) is 11.5 Å². The molecule has 0 bridgehead atoms. The summed E-state index contributed by atoms with van der Waals surface area (Å²) in [5.41, 5.74) is 2.46. The Morgan fingerprint density at radius 3 is 2.67 bits per heavy atom. The number of methoxy groups -OCH3 is 2. The van der Waals surface area contributed by atoms with Crippen LogP contribution in [-0.4, -0.2) is 35.1 Å². The van der Waals surface area contributed by atoms with E-state index in [9.17, 15) is 0 Å². The van der Waals surface area contributed by atoms with Gasteiger partial charge in [-0.05, 0) is 29.9 Å². The van der Waals surface area contributed by atoms with E-state index in [4.69, 9.17) is 26.8 Å². The van der Waals surface area contributed by atoms with Crippen molar-refractivity contribution in [1.82, 2.24) is 14.3 Å². The zero-order valence-corrected chi connectivity index (χ0v) is 18.6. The second-order valence-corrected chi connectivity index (χ2v) is 8.15. The molecule has 1 aromatic heterocycles. The largest absolute Gasteiger partial charge is 0.497 e. The van der Waals surface area contributed by atoms with Gasteiger partial charge in [0, 0.05) is 32.4 Å². The Hall–Kier alpha value is -2.64. The highest BCUT2D eigenvalue weighted by Crippen LogP contribution is 2.31. The van der Waals surface area contributed by atoms with Gasteiger partial charge in [0.1, 0.15) is 23.4 Å². The molecule has 30 heavy (non-hydrogen) atoms. The molecule has 3 aromatic rings. The average Bonchev–Trinajstić information content (AvgIpc) is 3.34. The SMILES string of the molecule is COc1ccc([C@@H]2CCC[NH+]2Cn2nc(Cc3ccccc3)n(C)c2=S)c(OC)c1. The average molecular weight is 426 g/mol. The highest BCUT2D eigenvalue weighted by molar-refractivity contribution is 7.71. The number of rotatable bonds is 7. The monoisotopic (exact) mass is 425 g/mol. The molecule has 2 aromatic carbocycles. The van der Waals surface area contributed by atoms with Crippen LogP contribution >= 0.6 is 12.2 Å². The molecule has 0 spiro atoms. The highest BCUT2D eigenvalue weighted by atomic mass is 32.1. The van der Waals surface area contributed by atoms with E-state index in [-0.39, 0.29) is 0 Å². The molecular weight excluding hydrogens is 396 g/mol. The van der Waals surface area contributed by atoms with E-state index in [0.29, 0.717) is 6.04 Å². The summed E-state index contributed by atoms with van der Waals surface area (Å²) in [5.74, 6) is 2.68. The van der Waals surface area contributed by atoms with Crippen molar-refractivity contribution in [2.45, 2.75) is 32.0 Å². The van der Waals surface area contributed by atoms with Crippen LogP contribution in [0.3, 0.4) is 0 Å². The lowest BCUT2D eigenvalue weighted by Crippen LogP contribution is -3.09. The van der Waals surface area contributed by atoms with Crippen molar-refractivity contribution in [3.05, 3.63) is 70.3 Å². The van der Waals surface area contributed by atoms with Crippen LogP contribution in [-0.2, 0) is 20.1 Å². The summed E-state index contributed by atoms with van der Waals surface area (Å²) in [5, 5.41) is 4.87. The molecule has 0 saturated carbocycles. The minimum absolute atomic E-state index is 0.354. The zero-order valence-electron chi connectivity index (χ0n) is 17.8. The second kappa shape index (κ2) is 9.02. The Labute approximate surface area is 182 Å². The standard InChI is InChI=1S/C23H28N4O2S/c1-25-22(14-17-8-5-4-6-9-17)24-27(23(25)30)16-26-13-7-10-20(26)19-12-11-18(28-2)15-21(19)29-3/h4-6,8-9,11-12,15,20H,7,10,13-14,16H2,1-3H3/p+1/t20-/m0/s1. The van der Waals surface area contributed by atoms with Crippen LogP contribution < -0.4 is 14.4 Å². The number of quaternary nitrogens is 1. The molecule has 0 amide bonds. The number of hydrogen-bond acceptors (Lipinski definition) is 4. The maximum Gasteiger partial charge on any atom is 0.202 e. The third-order valence-corrected chi connectivity index (χ3v) is 6.47. The molecule has 1 saturated heterocycles. The Morgan fingerprint density at radius 1 is 1.13 bits per heavy atom. The lowest BCUT2D eigenvalue weighted by atomic mass is 10.0. The van der Waals surface area contributed by atoms with Gasteiger partial charge in [0.15, 0.2) is 6.67 Å². The minimum atomic E-state index is 0.354. The van der Waals surface area contributed by atoms with Gasteiger partial charge < -0.3 is 18.9 Å². The molecule has 1 unspecified atom stereocenters. The molecule has 2 heterocycles. The Bertz CT molecular complexity index is 1060. The first-order chi connectivity index (χ1) is 14.6. The van der Waals surface area contributed by atoms with Crippen molar-refractivity contribution in [3.63, 3.8) is 0 Å². The molecular formula is C23H29N4O2S+. The second-order valence-electron chi connectivity index (χ2n) is 7.79. The summed E-state index contributed by atoms with van der Waals surface area (Å²) >= 11 is 5.71. The third-order valence-electron chi connectivity index (χ3n) is 5.99. The van der Waals surface area contributed by atoms with Crippen LogP contribution in [0.25, 0.3) is 0 Å². The summed E-state index contributed by atoms with van der Waals surface area (Å²) in [7, 11) is 5.41. The number of ether oxygens (including phenoxy) is 2. The summed E-state index contributed by atoms with van der Waals surface area (Å²) < 4.78 is 15.8. The Balaban J connectivity index is 1.57. The lowest BCUT2D eigenvalue weighted by Gasteiger charge is -2.23. The number of nitrogens with one attached hydrogen (secondary N) is 1. The normalized spacial score (nSPS) is 18.5. The van der Waals surface area contributed by atoms with Gasteiger partial charge >= 0.3 is 0 Å². The van der Waals surface area contributed by atoms with E-state index in [2.05, 4.69) is 30.3 Å². The first-order valence-corrected chi connectivity index (χ1v) is 10.7. The summed E-state index contributed by atoms with van der Waals surface area (Å²) in [6.07, 6.45) is 3.07. The molecule has 1 fully saturated rings. The van der Waals surface area contributed by atoms with Crippen molar-refractivity contribution < 1.29 is 14.4 Å². The van der Waals surface area contributed by atoms with Gasteiger partial charge in [0.2, 0.25) is 4.77 Å². The minimum Gasteiger partial charge on any atom is -0.497 e. The number of likely N-dealkylation sites (tertiary alicyclic amines) is 1. The van der Waals surface area contributed by atoms with E-state index in [1.54, 1.807) is 14.2 Å². The van der Waals surface area contributed by atoms with E-state index in [1.165, 1.54) is 22.4 Å². The molecule has 0 aliphatic carbocycles. The predicted octanol–water partition coefficient (Wildman–Crippen LogP) is 2.94. The van der Waals surface area contributed by atoms with Crippen molar-refractivity contribution in [1.29, 1.82) is 0 Å². The first-order valence-electron chi connectivity index (χ1n) is 10.3. The van der Waals surface area contributed by atoms with Crippen LogP contribution in [0.5, 0.6) is 11.5 Å². The van der Waals surface area contributed by atoms with E-state index in [0.717, 1.165) is 48.1 Å². The fourth-order valence-corrected chi connectivity index (χ4v) is 4.55. The predicted molar refractivity (Wildman–Crippen MR) is 119 cm³/mol. The highest BCUT2D eigenvalue weighted by Gasteiger charge is 2.33. The Kier molecular flexibility index (Phi) is 6.20. The van der Waals surface area contributed by atoms with Crippen LogP contribution in [0.4, 0.5) is 0 Å². The van der Waals surface area contributed by atoms with E-state index in [1.807, 2.05) is 34.5 Å². The summed E-state index contributed by atoms with van der Waals surface area (Å²) in [4.78, 5) is 1.46. The Morgan fingerprint density at radius 2 is 1.93 bits per heavy atom. The maximum atomic E-state index is 5.71. The molecule has 6 nitrogen and oxygen atoms in total. The fourth-order valence-electron chi connectivity index (χ4n) is 4.34. The number of hydrogen-bond donors (Lipinski definition) is 1. The van der Waals surface area contributed by atoms with E-state index >= 15 is 0 Å². The van der Waals surface area contributed by atoms with Crippen molar-refractivity contribution in [2.24, 2.45) is 7.05 Å². The molecule has 2 atom stereocenters. The molecule has 4 rings (SSSR count). The molecule has 1 aliphatic heterocycles. The van der Waals surface area contributed by atoms with Gasteiger partial charge in [-0.3, -0.25) is 0 Å². The topological polar surface area (TPSA) is 45.7 Å². The van der Waals surface area contributed by atoms with Gasteiger partial charge in [0.25, 0.3) is 0 Å².